The zero-order valence-corrected chi connectivity index (χ0v) is 26.3. The zero-order valence-electron chi connectivity index (χ0n) is 26.3. The summed E-state index contributed by atoms with van der Waals surface area (Å²) < 4.78 is 23.8. The van der Waals surface area contributed by atoms with E-state index in [1.165, 1.54) is 0 Å². The van der Waals surface area contributed by atoms with Crippen LogP contribution in [-0.2, 0) is 9.53 Å². The van der Waals surface area contributed by atoms with Gasteiger partial charge in [0.1, 0.15) is 28.6 Å². The summed E-state index contributed by atoms with van der Waals surface area (Å²) in [6.45, 7) is 0. The summed E-state index contributed by atoms with van der Waals surface area (Å²) in [5.74, 6) is 2.88. The van der Waals surface area contributed by atoms with Crippen LogP contribution in [0.3, 0.4) is 0 Å². The molecule has 6 nitrogen and oxygen atoms in total. The van der Waals surface area contributed by atoms with Crippen LogP contribution in [0.5, 0.6) is 11.5 Å². The topological polar surface area (TPSA) is 79.1 Å². The molecule has 0 saturated heterocycles. The van der Waals surface area contributed by atoms with E-state index in [4.69, 9.17) is 18.6 Å². The van der Waals surface area contributed by atoms with Crippen molar-refractivity contribution in [2.24, 2.45) is 0 Å². The van der Waals surface area contributed by atoms with E-state index < -0.39 is 0 Å². The van der Waals surface area contributed by atoms with Gasteiger partial charge in [-0.2, -0.15) is 0 Å². The van der Waals surface area contributed by atoms with Crippen molar-refractivity contribution in [2.75, 3.05) is 14.2 Å². The number of carbonyl (C=O) groups excluding carboxylic acids is 1. The molecule has 0 unspecified atom stereocenters. The molecule has 2 heterocycles. The van der Waals surface area contributed by atoms with Crippen LogP contribution in [0.15, 0.2) is 166 Å². The van der Waals surface area contributed by atoms with Crippen molar-refractivity contribution in [1.29, 1.82) is 0 Å². The van der Waals surface area contributed by atoms with Crippen LogP contribution in [-0.4, -0.2) is 20.0 Å². The van der Waals surface area contributed by atoms with E-state index in [0.717, 1.165) is 22.3 Å². The molecule has 0 fully saturated rings. The molecule has 0 amide bonds. The predicted molar refractivity (Wildman–Crippen MR) is 185 cm³/mol. The Balaban J connectivity index is 1.30. The van der Waals surface area contributed by atoms with Crippen LogP contribution in [0, 0.1) is 0 Å². The average molecular weight is 631 g/mol. The summed E-state index contributed by atoms with van der Waals surface area (Å²) in [7, 11) is 3.20. The molecule has 6 heteroatoms. The van der Waals surface area contributed by atoms with Gasteiger partial charge in [-0.05, 0) is 71.8 Å². The fourth-order valence-electron chi connectivity index (χ4n) is 5.69. The fraction of sp³-hybridized carbons (Fsp3) is 0.0476. The molecular formula is C42H30O6. The Hall–Kier alpha value is -6.40. The highest BCUT2D eigenvalue weighted by Crippen LogP contribution is 2.39. The maximum atomic E-state index is 13.6. The zero-order chi connectivity index (χ0) is 33.0. The molecule has 0 bridgehead atoms. The largest absolute Gasteiger partial charge is 0.871 e. The first-order valence-electron chi connectivity index (χ1n) is 15.4. The third kappa shape index (κ3) is 5.95. The number of ether oxygens (including phenoxy) is 3. The number of methoxy groups -OCH3 is 2. The van der Waals surface area contributed by atoms with Crippen LogP contribution in [0.4, 0.5) is 0 Å². The minimum atomic E-state index is -0.332. The Morgan fingerprint density at radius 2 is 1.21 bits per heavy atom. The van der Waals surface area contributed by atoms with Crippen molar-refractivity contribution in [3.05, 3.63) is 179 Å². The fourth-order valence-corrected chi connectivity index (χ4v) is 5.69. The number of Topliss-reactive ketones (excluding diaryl/α,β-unsaturated/α-hetero) is 1. The number of hydrogen-bond donors (Lipinski definition) is 0. The van der Waals surface area contributed by atoms with E-state index in [1.54, 1.807) is 26.4 Å². The van der Waals surface area contributed by atoms with Crippen LogP contribution >= 0.6 is 0 Å². The Morgan fingerprint density at radius 1 is 0.646 bits per heavy atom. The van der Waals surface area contributed by atoms with E-state index in [1.807, 2.05) is 133 Å². The predicted octanol–water partition coefficient (Wildman–Crippen LogP) is 8.53. The van der Waals surface area contributed by atoms with E-state index in [0.29, 0.717) is 45.7 Å². The van der Waals surface area contributed by atoms with Crippen LogP contribution in [0.25, 0.3) is 40.2 Å². The first-order valence-corrected chi connectivity index (χ1v) is 15.4. The molecular weight excluding hydrogens is 600 g/mol. The van der Waals surface area contributed by atoms with Gasteiger partial charge in [-0.15, -0.1) is 0 Å². The van der Waals surface area contributed by atoms with E-state index in [2.05, 4.69) is 0 Å². The van der Waals surface area contributed by atoms with Gasteiger partial charge in [-0.1, -0.05) is 78.6 Å². The second kappa shape index (κ2) is 13.1. The first-order chi connectivity index (χ1) is 23.5. The van der Waals surface area contributed by atoms with Crippen molar-refractivity contribution in [3.8, 4) is 34.1 Å². The third-order valence-electron chi connectivity index (χ3n) is 8.09. The summed E-state index contributed by atoms with van der Waals surface area (Å²) in [4.78, 5) is 13.6. The minimum Gasteiger partial charge on any atom is -0.871 e. The highest BCUT2D eigenvalue weighted by molar-refractivity contribution is 6.23. The van der Waals surface area contributed by atoms with Gasteiger partial charge in [-0.3, -0.25) is 4.79 Å². The smallest absolute Gasteiger partial charge is 0.365 e. The Labute approximate surface area is 278 Å². The van der Waals surface area contributed by atoms with Crippen molar-refractivity contribution < 1.29 is 28.5 Å². The molecule has 4 aromatic carbocycles. The molecule has 7 rings (SSSR count). The summed E-state index contributed by atoms with van der Waals surface area (Å²) in [6, 6.07) is 38.0. The summed E-state index contributed by atoms with van der Waals surface area (Å²) in [6.07, 6.45) is 6.88. The van der Waals surface area contributed by atoms with Gasteiger partial charge in [0, 0.05) is 16.7 Å². The lowest BCUT2D eigenvalue weighted by Gasteiger charge is -2.29. The lowest BCUT2D eigenvalue weighted by atomic mass is 9.85. The third-order valence-corrected chi connectivity index (χ3v) is 8.09. The van der Waals surface area contributed by atoms with E-state index in [-0.39, 0.29) is 22.7 Å². The minimum absolute atomic E-state index is 0.103. The van der Waals surface area contributed by atoms with Crippen LogP contribution in [0.2, 0.25) is 0 Å². The highest BCUT2D eigenvalue weighted by Gasteiger charge is 2.28. The van der Waals surface area contributed by atoms with E-state index >= 15 is 0 Å². The van der Waals surface area contributed by atoms with Crippen LogP contribution in [0.1, 0.15) is 16.7 Å². The highest BCUT2D eigenvalue weighted by atomic mass is 16.5. The first kappa shape index (κ1) is 30.3. The molecule has 1 aliphatic heterocycles. The van der Waals surface area contributed by atoms with Gasteiger partial charge in [0.15, 0.2) is 5.78 Å². The maximum Gasteiger partial charge on any atom is 0.365 e. The lowest BCUT2D eigenvalue weighted by Crippen LogP contribution is -2.29. The van der Waals surface area contributed by atoms with Gasteiger partial charge in [0.05, 0.1) is 37.5 Å². The Morgan fingerprint density at radius 3 is 1.88 bits per heavy atom. The van der Waals surface area contributed by atoms with Gasteiger partial charge >= 0.3 is 11.5 Å². The number of carbonyl (C=O) groups is 1. The van der Waals surface area contributed by atoms with E-state index in [9.17, 15) is 9.90 Å². The van der Waals surface area contributed by atoms with Gasteiger partial charge < -0.3 is 19.3 Å². The Bertz CT molecular complexity index is 2190. The second-order valence-corrected chi connectivity index (χ2v) is 11.1. The average Bonchev–Trinajstić information content (AvgIpc) is 3.16. The van der Waals surface area contributed by atoms with Crippen molar-refractivity contribution >= 4 is 23.4 Å². The number of ketones is 1. The van der Waals surface area contributed by atoms with Gasteiger partial charge in [0.25, 0.3) is 0 Å². The summed E-state index contributed by atoms with van der Waals surface area (Å²) in [5, 5.41) is 13.6. The lowest BCUT2D eigenvalue weighted by molar-refractivity contribution is -0.300. The van der Waals surface area contributed by atoms with Crippen molar-refractivity contribution in [3.63, 3.8) is 0 Å². The number of rotatable bonds is 8. The van der Waals surface area contributed by atoms with Crippen molar-refractivity contribution in [2.45, 2.75) is 0 Å². The Kier molecular flexibility index (Phi) is 8.29. The second-order valence-electron chi connectivity index (χ2n) is 11.1. The molecule has 0 spiro atoms. The molecule has 0 saturated carbocycles. The summed E-state index contributed by atoms with van der Waals surface area (Å²) >= 11 is 0. The van der Waals surface area contributed by atoms with Crippen LogP contribution < -0.4 is 14.6 Å². The molecule has 1 aromatic heterocycles. The molecule has 234 valence electrons. The number of para-hydroxylation sites is 2. The monoisotopic (exact) mass is 630 g/mol. The maximum absolute atomic E-state index is 13.6. The molecule has 5 aromatic rings. The number of hydrogen-bond acceptors (Lipinski definition) is 5. The number of benzene rings is 4. The quantitative estimate of drug-likeness (QED) is 0.126. The molecule has 0 atom stereocenters. The SMILES string of the molecule is COc1ccccc1C1=CC(=CC2=C([O-])C(=Cc3cc(-c4ccccc4)[o+]c(-c4ccccc4OC)c3)C2=O)C=C(c2ccccc2)O1. The molecule has 0 N–H and O–H groups in total. The molecule has 1 aliphatic carbocycles. The van der Waals surface area contributed by atoms with Crippen molar-refractivity contribution in [1.82, 2.24) is 0 Å². The van der Waals surface area contributed by atoms with Gasteiger partial charge in [-0.25, -0.2) is 4.42 Å². The number of allylic oxidation sites excluding steroid dienone is 6. The molecule has 48 heavy (non-hydrogen) atoms. The normalized spacial score (nSPS) is 15.8. The molecule has 0 radical (unpaired) electrons. The molecule has 2 aliphatic rings. The standard InChI is InChI=1S/C42H30O6/c1-45-35-19-11-9-17-31(35)39-25-27(23-37(47-39)29-13-5-3-6-14-29)21-33-41(43)34(42(33)44)22-28-24-38(30-15-7-4-8-16-30)48-40(26-28)32-18-10-12-20-36(32)46-2/h3-26H,1-2H3. The van der Waals surface area contributed by atoms with Gasteiger partial charge in [0.2, 0.25) is 0 Å². The summed E-state index contributed by atoms with van der Waals surface area (Å²) in [5.41, 5.74) is 4.72.